The van der Waals surface area contributed by atoms with E-state index in [4.69, 9.17) is 0 Å². The number of benzene rings is 1. The van der Waals surface area contributed by atoms with E-state index >= 15 is 0 Å². The van der Waals surface area contributed by atoms with Crippen molar-refractivity contribution in [2.45, 2.75) is 47.0 Å². The van der Waals surface area contributed by atoms with Crippen LogP contribution in [0.25, 0.3) is 0 Å². The molecule has 0 bridgehead atoms. The van der Waals surface area contributed by atoms with Crippen molar-refractivity contribution in [1.82, 2.24) is 10.2 Å². The summed E-state index contributed by atoms with van der Waals surface area (Å²) in [6.07, 6.45) is 1.51. The van der Waals surface area contributed by atoms with Gasteiger partial charge in [0, 0.05) is 31.5 Å². The van der Waals surface area contributed by atoms with Crippen LogP contribution < -0.4 is 5.32 Å². The third kappa shape index (κ3) is 8.82. The number of hydrogen-bond acceptors (Lipinski definition) is 3. The molecule has 0 saturated heterocycles. The van der Waals surface area contributed by atoms with Crippen molar-refractivity contribution in [2.75, 3.05) is 27.2 Å². The molecule has 1 amide bonds. The largest absolute Gasteiger partial charge is 0.356 e. The smallest absolute Gasteiger partial charge is 0.220 e. The molecule has 25 heavy (non-hydrogen) atoms. The number of rotatable bonds is 10. The standard InChI is InChI=1S/C21H34N2O2/c1-16(2)13-17-7-9-18(10-8-17)19(24)11-12-20(25)22-14-21(3,4)15-23(5)6/h7-10,16H,11-15H2,1-6H3,(H,22,25). The lowest BCUT2D eigenvalue weighted by Crippen LogP contribution is -2.40. The Morgan fingerprint density at radius 3 is 2.20 bits per heavy atom. The third-order valence-electron chi connectivity index (χ3n) is 4.01. The molecule has 140 valence electrons. The average molecular weight is 347 g/mol. The van der Waals surface area contributed by atoms with Crippen molar-refractivity contribution in [3.63, 3.8) is 0 Å². The van der Waals surface area contributed by atoms with Gasteiger partial charge in [0.1, 0.15) is 0 Å². The van der Waals surface area contributed by atoms with Gasteiger partial charge in [-0.1, -0.05) is 52.0 Å². The molecule has 0 fully saturated rings. The Bertz CT molecular complexity index is 560. The van der Waals surface area contributed by atoms with Gasteiger partial charge < -0.3 is 10.2 Å². The van der Waals surface area contributed by atoms with Crippen LogP contribution in [-0.2, 0) is 11.2 Å². The number of Topliss-reactive ketones (excluding diaryl/α,β-unsaturated/α-hetero) is 1. The second-order valence-electron chi connectivity index (χ2n) is 8.40. The zero-order valence-corrected chi connectivity index (χ0v) is 16.7. The molecule has 0 radical (unpaired) electrons. The highest BCUT2D eigenvalue weighted by molar-refractivity contribution is 5.97. The van der Waals surface area contributed by atoms with Crippen molar-refractivity contribution in [2.24, 2.45) is 11.3 Å². The molecule has 0 spiro atoms. The lowest BCUT2D eigenvalue weighted by Gasteiger charge is -2.28. The van der Waals surface area contributed by atoms with Gasteiger partial charge in [0.2, 0.25) is 5.91 Å². The molecule has 0 aliphatic heterocycles. The molecule has 0 aliphatic carbocycles. The maximum Gasteiger partial charge on any atom is 0.220 e. The van der Waals surface area contributed by atoms with Crippen molar-refractivity contribution < 1.29 is 9.59 Å². The van der Waals surface area contributed by atoms with Gasteiger partial charge in [0.25, 0.3) is 0 Å². The molecule has 0 saturated carbocycles. The van der Waals surface area contributed by atoms with Crippen molar-refractivity contribution >= 4 is 11.7 Å². The monoisotopic (exact) mass is 346 g/mol. The number of carbonyl (C=O) groups is 2. The number of nitrogens with one attached hydrogen (secondary N) is 1. The van der Waals surface area contributed by atoms with Crippen LogP contribution in [0, 0.1) is 11.3 Å². The van der Waals surface area contributed by atoms with E-state index in [-0.39, 0.29) is 29.9 Å². The number of nitrogens with zero attached hydrogens (tertiary/aromatic N) is 1. The molecular weight excluding hydrogens is 312 g/mol. The Balaban J connectivity index is 2.41. The lowest BCUT2D eigenvalue weighted by atomic mass is 9.93. The Hall–Kier alpha value is -1.68. The summed E-state index contributed by atoms with van der Waals surface area (Å²) < 4.78 is 0. The summed E-state index contributed by atoms with van der Waals surface area (Å²) in [5, 5.41) is 2.95. The van der Waals surface area contributed by atoms with E-state index in [1.165, 1.54) is 5.56 Å². The second kappa shape index (κ2) is 9.71. The van der Waals surface area contributed by atoms with Crippen LogP contribution in [0.1, 0.15) is 56.5 Å². The predicted molar refractivity (Wildman–Crippen MR) is 104 cm³/mol. The highest BCUT2D eigenvalue weighted by Gasteiger charge is 2.20. The fraction of sp³-hybridized carbons (Fsp3) is 0.619. The Morgan fingerprint density at radius 1 is 1.08 bits per heavy atom. The van der Waals surface area contributed by atoms with Crippen LogP contribution in [0.3, 0.4) is 0 Å². The van der Waals surface area contributed by atoms with Crippen LogP contribution in [0.2, 0.25) is 0 Å². The van der Waals surface area contributed by atoms with E-state index in [0.29, 0.717) is 18.0 Å². The first-order valence-corrected chi connectivity index (χ1v) is 9.12. The SMILES string of the molecule is CC(C)Cc1ccc(C(=O)CCC(=O)NCC(C)(C)CN(C)C)cc1. The highest BCUT2D eigenvalue weighted by atomic mass is 16.2. The summed E-state index contributed by atoms with van der Waals surface area (Å²) in [6, 6.07) is 7.77. The molecule has 1 aromatic carbocycles. The normalized spacial score (nSPS) is 11.8. The molecule has 4 heteroatoms. The van der Waals surface area contributed by atoms with Gasteiger partial charge in [0.15, 0.2) is 5.78 Å². The molecule has 1 N–H and O–H groups in total. The zero-order chi connectivity index (χ0) is 19.0. The average Bonchev–Trinajstić information content (AvgIpc) is 2.49. The highest BCUT2D eigenvalue weighted by Crippen LogP contribution is 2.15. The van der Waals surface area contributed by atoms with E-state index in [1.807, 2.05) is 38.4 Å². The number of carbonyl (C=O) groups excluding carboxylic acids is 2. The molecule has 1 aromatic rings. The minimum absolute atomic E-state index is 0.00934. The van der Waals surface area contributed by atoms with Crippen LogP contribution >= 0.6 is 0 Å². The summed E-state index contributed by atoms with van der Waals surface area (Å²) in [5.41, 5.74) is 1.94. The third-order valence-corrected chi connectivity index (χ3v) is 4.01. The van der Waals surface area contributed by atoms with E-state index in [0.717, 1.165) is 13.0 Å². The summed E-state index contributed by atoms with van der Waals surface area (Å²) >= 11 is 0. The van der Waals surface area contributed by atoms with E-state index in [1.54, 1.807) is 0 Å². The number of amides is 1. The summed E-state index contributed by atoms with van der Waals surface area (Å²) in [5.74, 6) is 0.567. The van der Waals surface area contributed by atoms with Gasteiger partial charge in [-0.05, 0) is 37.4 Å². The summed E-state index contributed by atoms with van der Waals surface area (Å²) in [4.78, 5) is 26.4. The minimum atomic E-state index is -0.0587. The Labute approximate surface area is 153 Å². The Morgan fingerprint density at radius 2 is 1.68 bits per heavy atom. The molecule has 0 heterocycles. The fourth-order valence-electron chi connectivity index (χ4n) is 3.01. The molecule has 0 unspecified atom stereocenters. The first kappa shape index (κ1) is 21.4. The van der Waals surface area contributed by atoms with Crippen molar-refractivity contribution in [1.29, 1.82) is 0 Å². The quantitative estimate of drug-likeness (QED) is 0.659. The molecule has 4 nitrogen and oxygen atoms in total. The zero-order valence-electron chi connectivity index (χ0n) is 16.7. The number of hydrogen-bond donors (Lipinski definition) is 1. The minimum Gasteiger partial charge on any atom is -0.356 e. The van der Waals surface area contributed by atoms with Crippen LogP contribution in [-0.4, -0.2) is 43.8 Å². The number of ketones is 1. The van der Waals surface area contributed by atoms with Crippen LogP contribution in [0.5, 0.6) is 0 Å². The fourth-order valence-corrected chi connectivity index (χ4v) is 3.01. The molecule has 1 rings (SSSR count). The summed E-state index contributed by atoms with van der Waals surface area (Å²) in [6.45, 7) is 10.1. The van der Waals surface area contributed by atoms with Crippen molar-refractivity contribution in [3.05, 3.63) is 35.4 Å². The first-order valence-electron chi connectivity index (χ1n) is 9.12. The molecule has 0 aliphatic rings. The van der Waals surface area contributed by atoms with Gasteiger partial charge >= 0.3 is 0 Å². The molecule has 0 aromatic heterocycles. The van der Waals surface area contributed by atoms with Gasteiger partial charge in [-0.15, -0.1) is 0 Å². The lowest BCUT2D eigenvalue weighted by molar-refractivity contribution is -0.121. The Kier molecular flexibility index (Phi) is 8.30. The maximum absolute atomic E-state index is 12.2. The van der Waals surface area contributed by atoms with Crippen LogP contribution in [0.15, 0.2) is 24.3 Å². The first-order chi connectivity index (χ1) is 11.6. The van der Waals surface area contributed by atoms with Gasteiger partial charge in [-0.2, -0.15) is 0 Å². The van der Waals surface area contributed by atoms with E-state index in [9.17, 15) is 9.59 Å². The molecule has 0 atom stereocenters. The van der Waals surface area contributed by atoms with Gasteiger partial charge in [0.05, 0.1) is 0 Å². The molecular formula is C21H34N2O2. The second-order valence-corrected chi connectivity index (χ2v) is 8.40. The van der Waals surface area contributed by atoms with Crippen molar-refractivity contribution in [3.8, 4) is 0 Å². The summed E-state index contributed by atoms with van der Waals surface area (Å²) in [7, 11) is 4.04. The predicted octanol–water partition coefficient (Wildman–Crippen LogP) is 3.55. The van der Waals surface area contributed by atoms with Gasteiger partial charge in [-0.3, -0.25) is 9.59 Å². The van der Waals surface area contributed by atoms with Crippen LogP contribution in [0.4, 0.5) is 0 Å². The topological polar surface area (TPSA) is 49.4 Å². The maximum atomic E-state index is 12.2. The van der Waals surface area contributed by atoms with E-state index < -0.39 is 0 Å². The van der Waals surface area contributed by atoms with E-state index in [2.05, 4.69) is 37.9 Å². The van der Waals surface area contributed by atoms with Gasteiger partial charge in [-0.25, -0.2) is 0 Å².